The molecule has 0 aliphatic heterocycles. The van der Waals surface area contributed by atoms with Gasteiger partial charge in [-0.3, -0.25) is 13.8 Å². The fraction of sp³-hybridized carbons (Fsp3) is 0.0571. The molecule has 0 radical (unpaired) electrons. The van der Waals surface area contributed by atoms with Crippen LogP contribution >= 0.6 is 11.9 Å². The second-order valence-electron chi connectivity index (χ2n) is 10.2. The number of aryl methyl sites for hydroxylation is 1. The molecule has 220 valence electrons. The molecular weight excluding hydrogens is 597 g/mol. The number of nitriles is 1. The van der Waals surface area contributed by atoms with Crippen molar-refractivity contribution in [2.75, 3.05) is 0 Å². The highest BCUT2D eigenvalue weighted by Crippen LogP contribution is 2.46. The normalized spacial score (nSPS) is 11.1. The molecule has 0 fully saturated rings. The second-order valence-corrected chi connectivity index (χ2v) is 11.2. The first kappa shape index (κ1) is 29.5. The molecule has 6 rings (SSSR count). The van der Waals surface area contributed by atoms with Crippen molar-refractivity contribution in [3.05, 3.63) is 136 Å². The number of alkyl halides is 2. The van der Waals surface area contributed by atoms with Crippen molar-refractivity contribution >= 4 is 28.8 Å². The minimum absolute atomic E-state index is 0.105. The molecule has 0 bridgehead atoms. The predicted octanol–water partition coefficient (Wildman–Crippen LogP) is 9.76. The fourth-order valence-electron chi connectivity index (χ4n) is 5.31. The molecule has 6 nitrogen and oxygen atoms in total. The Bertz CT molecular complexity index is 2150. The van der Waals surface area contributed by atoms with Gasteiger partial charge in [-0.05, 0) is 96.2 Å². The standard InChI is InChI=1S/C35H21F3N4O2S/c1-20-16-24(35(43)41-44)9-13-28(20)22-4-2-5-23(17-22)33-31(32-25(19-39)6-3-15-40-32)29-18-26(36)10-14-30(29)42(33)45-27-11-7-21(8-12-27)34(37)38/h2-18,34H,1H3. The molecule has 0 unspecified atom stereocenters. The Morgan fingerprint density at radius 3 is 2.44 bits per heavy atom. The van der Waals surface area contributed by atoms with Crippen LogP contribution in [-0.4, -0.2) is 14.9 Å². The number of amides is 1. The van der Waals surface area contributed by atoms with Crippen molar-refractivity contribution in [3.63, 3.8) is 0 Å². The SMILES string of the molecule is Cc1cc(C(=O)N=O)ccc1-c1cccc(-c2c(-c3ncccc3C#N)c3cc(F)ccc3n2Sc2ccc(C(F)F)cc2)c1. The quantitative estimate of drug-likeness (QED) is 0.166. The van der Waals surface area contributed by atoms with E-state index in [2.05, 4.69) is 16.2 Å². The summed E-state index contributed by atoms with van der Waals surface area (Å²) in [7, 11) is 0. The summed E-state index contributed by atoms with van der Waals surface area (Å²) in [5.74, 6) is -1.33. The molecule has 0 atom stereocenters. The van der Waals surface area contributed by atoms with Crippen LogP contribution in [0.25, 0.3) is 44.5 Å². The molecule has 0 saturated heterocycles. The predicted molar refractivity (Wildman–Crippen MR) is 168 cm³/mol. The van der Waals surface area contributed by atoms with E-state index < -0.39 is 18.1 Å². The Hall–Kier alpha value is -5.53. The van der Waals surface area contributed by atoms with Gasteiger partial charge in [-0.1, -0.05) is 36.4 Å². The second kappa shape index (κ2) is 12.2. The number of carbonyl (C=O) groups excluding carboxylic acids is 1. The van der Waals surface area contributed by atoms with Crippen LogP contribution < -0.4 is 0 Å². The van der Waals surface area contributed by atoms with Gasteiger partial charge in [0.2, 0.25) is 0 Å². The topological polar surface area (TPSA) is 88.1 Å². The highest BCUT2D eigenvalue weighted by molar-refractivity contribution is 7.98. The van der Waals surface area contributed by atoms with Crippen LogP contribution in [0.4, 0.5) is 13.2 Å². The van der Waals surface area contributed by atoms with Crippen molar-refractivity contribution < 1.29 is 18.0 Å². The van der Waals surface area contributed by atoms with Crippen molar-refractivity contribution in [1.29, 1.82) is 5.26 Å². The number of rotatable bonds is 7. The Morgan fingerprint density at radius 2 is 1.73 bits per heavy atom. The molecule has 6 aromatic rings. The van der Waals surface area contributed by atoms with Crippen LogP contribution in [0, 0.1) is 29.0 Å². The molecule has 4 aromatic carbocycles. The third-order valence-electron chi connectivity index (χ3n) is 7.38. The first-order valence-electron chi connectivity index (χ1n) is 13.6. The summed E-state index contributed by atoms with van der Waals surface area (Å²) >= 11 is 1.27. The van der Waals surface area contributed by atoms with E-state index in [0.29, 0.717) is 43.9 Å². The molecule has 10 heteroatoms. The molecule has 0 spiro atoms. The summed E-state index contributed by atoms with van der Waals surface area (Å²) in [5, 5.41) is 13.0. The third kappa shape index (κ3) is 5.61. The first-order chi connectivity index (χ1) is 21.8. The zero-order valence-corrected chi connectivity index (χ0v) is 24.4. The molecule has 0 N–H and O–H groups in total. The Labute approximate surface area is 259 Å². The van der Waals surface area contributed by atoms with E-state index in [-0.39, 0.29) is 11.1 Å². The Kier molecular flexibility index (Phi) is 8.02. The van der Waals surface area contributed by atoms with E-state index in [4.69, 9.17) is 0 Å². The molecule has 0 saturated carbocycles. The van der Waals surface area contributed by atoms with Crippen LogP contribution in [0.3, 0.4) is 0 Å². The minimum Gasteiger partial charge on any atom is -0.278 e. The molecule has 45 heavy (non-hydrogen) atoms. The van der Waals surface area contributed by atoms with Gasteiger partial charge < -0.3 is 0 Å². The number of halogens is 3. The summed E-state index contributed by atoms with van der Waals surface area (Å²) < 4.78 is 43.3. The van der Waals surface area contributed by atoms with Crippen molar-refractivity contribution in [1.82, 2.24) is 8.96 Å². The van der Waals surface area contributed by atoms with Crippen molar-refractivity contribution in [3.8, 4) is 39.7 Å². The number of nitroso groups, excluding NO2 is 1. The zero-order chi connectivity index (χ0) is 31.7. The first-order valence-corrected chi connectivity index (χ1v) is 14.4. The molecule has 2 heterocycles. The van der Waals surface area contributed by atoms with Gasteiger partial charge in [0.25, 0.3) is 6.43 Å². The van der Waals surface area contributed by atoms with Crippen molar-refractivity contribution in [2.45, 2.75) is 18.2 Å². The highest BCUT2D eigenvalue weighted by Gasteiger charge is 2.25. The van der Waals surface area contributed by atoms with E-state index in [1.165, 1.54) is 42.3 Å². The lowest BCUT2D eigenvalue weighted by atomic mass is 9.94. The van der Waals surface area contributed by atoms with Crippen LogP contribution in [0.2, 0.25) is 0 Å². The maximum absolute atomic E-state index is 14.8. The third-order valence-corrected chi connectivity index (χ3v) is 8.43. The number of benzene rings is 4. The minimum atomic E-state index is -2.61. The van der Waals surface area contributed by atoms with E-state index in [1.807, 2.05) is 35.2 Å². The van der Waals surface area contributed by atoms with Crippen molar-refractivity contribution in [2.24, 2.45) is 5.18 Å². The van der Waals surface area contributed by atoms with Gasteiger partial charge >= 0.3 is 5.91 Å². The smallest absolute Gasteiger partial charge is 0.278 e. The number of aromatic nitrogens is 2. The number of hydrogen-bond donors (Lipinski definition) is 0. The molecular formula is C35H21F3N4O2S. The van der Waals surface area contributed by atoms with E-state index >= 15 is 0 Å². The van der Waals surface area contributed by atoms with Gasteiger partial charge in [0.1, 0.15) is 11.9 Å². The summed E-state index contributed by atoms with van der Waals surface area (Å²) in [4.78, 5) is 27.8. The Morgan fingerprint density at radius 1 is 0.956 bits per heavy atom. The Balaban J connectivity index is 1.62. The lowest BCUT2D eigenvalue weighted by Crippen LogP contribution is -1.97. The van der Waals surface area contributed by atoms with Gasteiger partial charge in [-0.15, -0.1) is 4.91 Å². The zero-order valence-electron chi connectivity index (χ0n) is 23.5. The van der Waals surface area contributed by atoms with Crippen LogP contribution in [0.5, 0.6) is 0 Å². The number of hydrogen-bond acceptors (Lipinski definition) is 5. The van der Waals surface area contributed by atoms with Gasteiger partial charge in [0.15, 0.2) is 0 Å². The fourth-order valence-corrected chi connectivity index (χ4v) is 6.33. The molecule has 2 aromatic heterocycles. The van der Waals surface area contributed by atoms with E-state index in [9.17, 15) is 28.1 Å². The highest BCUT2D eigenvalue weighted by atomic mass is 32.2. The van der Waals surface area contributed by atoms with Crippen LogP contribution in [0.15, 0.2) is 113 Å². The monoisotopic (exact) mass is 618 g/mol. The molecule has 0 aliphatic rings. The van der Waals surface area contributed by atoms with Gasteiger partial charge in [-0.2, -0.15) is 5.26 Å². The maximum atomic E-state index is 14.8. The summed E-state index contributed by atoms with van der Waals surface area (Å²) in [5.41, 5.74) is 5.57. The van der Waals surface area contributed by atoms with Gasteiger partial charge in [-0.25, -0.2) is 13.2 Å². The van der Waals surface area contributed by atoms with Gasteiger partial charge in [0.05, 0.1) is 22.5 Å². The molecule has 0 aliphatic carbocycles. The summed E-state index contributed by atoms with van der Waals surface area (Å²) in [6, 6.07) is 28.2. The summed E-state index contributed by atoms with van der Waals surface area (Å²) in [6.45, 7) is 1.82. The lowest BCUT2D eigenvalue weighted by Gasteiger charge is -2.15. The van der Waals surface area contributed by atoms with Gasteiger partial charge in [0, 0.05) is 43.9 Å². The average molecular weight is 619 g/mol. The van der Waals surface area contributed by atoms with Crippen LogP contribution in [-0.2, 0) is 0 Å². The maximum Gasteiger partial charge on any atom is 0.316 e. The summed E-state index contributed by atoms with van der Waals surface area (Å²) in [6.07, 6.45) is -1.04. The largest absolute Gasteiger partial charge is 0.316 e. The lowest BCUT2D eigenvalue weighted by molar-refractivity contribution is 0.100. The van der Waals surface area contributed by atoms with E-state index in [1.54, 1.807) is 48.7 Å². The number of nitrogens with zero attached hydrogens (tertiary/aromatic N) is 4. The number of fused-ring (bicyclic) bond motifs is 1. The number of carbonyl (C=O) groups is 1. The van der Waals surface area contributed by atoms with E-state index in [0.717, 1.165) is 16.7 Å². The van der Waals surface area contributed by atoms with Crippen LogP contribution in [0.1, 0.15) is 33.5 Å². The molecule has 1 amide bonds. The average Bonchev–Trinajstić information content (AvgIpc) is 3.37. The number of pyridine rings is 1.